The summed E-state index contributed by atoms with van der Waals surface area (Å²) in [5.74, 6) is 0. The van der Waals surface area contributed by atoms with Crippen LogP contribution < -0.4 is 0 Å². The van der Waals surface area contributed by atoms with E-state index in [1.165, 1.54) is 0 Å². The predicted octanol–water partition coefficient (Wildman–Crippen LogP) is 7.53. The van der Waals surface area contributed by atoms with Gasteiger partial charge in [0.15, 0.2) is 12.3 Å². The van der Waals surface area contributed by atoms with Gasteiger partial charge in [-0.25, -0.2) is 0 Å². The second-order valence-electron chi connectivity index (χ2n) is 7.08. The normalized spacial score (nSPS) is 19.2. The Labute approximate surface area is 187 Å². The minimum atomic E-state index is -6.37. The number of hydrogen-bond acceptors (Lipinski definition) is 3. The highest BCUT2D eigenvalue weighted by molar-refractivity contribution is 7.89. The van der Waals surface area contributed by atoms with Crippen LogP contribution in [0.25, 0.3) is 0 Å². The van der Waals surface area contributed by atoms with E-state index in [-0.39, 0.29) is 0 Å². The molecule has 2 aromatic rings. The van der Waals surface area contributed by atoms with Gasteiger partial charge in [-0.3, -0.25) is 8.37 Å². The Balaban J connectivity index is 2.44. The largest absolute Gasteiger partial charge is 0.432 e. The van der Waals surface area contributed by atoms with E-state index in [2.05, 4.69) is 8.37 Å². The Morgan fingerprint density at radius 1 is 0.529 bits per heavy atom. The minimum Gasteiger partial charge on any atom is -0.260 e. The van der Waals surface area contributed by atoms with Crippen molar-refractivity contribution in [2.45, 2.75) is 42.3 Å². The van der Waals surface area contributed by atoms with Crippen molar-refractivity contribution < 1.29 is 61.1 Å². The van der Waals surface area contributed by atoms with Gasteiger partial charge in [0.05, 0.1) is 0 Å². The van der Waals surface area contributed by atoms with Crippen molar-refractivity contribution in [3.05, 3.63) is 70.8 Å². The Hall–Kier alpha value is -2.13. The molecule has 188 valence electrons. The van der Waals surface area contributed by atoms with Gasteiger partial charge in [-0.15, -0.1) is 0 Å². The van der Waals surface area contributed by atoms with E-state index in [9.17, 15) is 52.7 Å². The quantitative estimate of drug-likeness (QED) is 0.259. The molecule has 2 aromatic carbocycles. The number of fused-ring (bicyclic) bond motifs is 2. The summed E-state index contributed by atoms with van der Waals surface area (Å²) in [5, 5.41) is 0. The van der Waals surface area contributed by atoms with Crippen LogP contribution in [0.4, 0.5) is 52.7 Å². The van der Waals surface area contributed by atoms with Crippen LogP contribution in [0.3, 0.4) is 0 Å². The smallest absolute Gasteiger partial charge is 0.260 e. The molecule has 2 nitrogen and oxygen atoms in total. The third-order valence-corrected chi connectivity index (χ3v) is 5.73. The van der Waals surface area contributed by atoms with Gasteiger partial charge >= 0.3 is 24.7 Å². The molecule has 3 rings (SSSR count). The summed E-state index contributed by atoms with van der Waals surface area (Å²) in [5.41, 5.74) is -15.5. The van der Waals surface area contributed by atoms with E-state index in [4.69, 9.17) is 0 Å². The molecule has 0 N–H and O–H groups in total. The zero-order valence-corrected chi connectivity index (χ0v) is 16.9. The Morgan fingerprint density at radius 2 is 0.824 bits per heavy atom. The van der Waals surface area contributed by atoms with E-state index in [0.29, 0.717) is 12.1 Å². The lowest BCUT2D eigenvalue weighted by atomic mass is 9.82. The van der Waals surface area contributed by atoms with Crippen LogP contribution in [-0.4, -0.2) is 24.7 Å². The first-order valence-corrected chi connectivity index (χ1v) is 9.54. The van der Waals surface area contributed by atoms with E-state index in [0.717, 1.165) is 36.4 Å². The van der Waals surface area contributed by atoms with Crippen LogP contribution in [0.2, 0.25) is 0 Å². The molecule has 1 heterocycles. The fourth-order valence-corrected chi connectivity index (χ4v) is 4.37. The molecule has 15 heteroatoms. The van der Waals surface area contributed by atoms with Crippen LogP contribution in [0.5, 0.6) is 0 Å². The standard InChI is InChI=1S/C19H10F12O2S/c20-16(21,22)14(17(23,24)25)12-7-3-1-5-10(12)9-11-6-2-4-8-13(11)15(18(26,27)28,19(29,30)31)33-34-32-14/h1-8H,9H2. The van der Waals surface area contributed by atoms with Gasteiger partial charge in [0.1, 0.15) is 0 Å². The fourth-order valence-electron chi connectivity index (χ4n) is 3.57. The van der Waals surface area contributed by atoms with Crippen molar-refractivity contribution in [1.82, 2.24) is 0 Å². The van der Waals surface area contributed by atoms with Gasteiger partial charge in [-0.05, 0) is 17.5 Å². The van der Waals surface area contributed by atoms with Gasteiger partial charge in [-0.1, -0.05) is 48.5 Å². The number of rotatable bonds is 0. The summed E-state index contributed by atoms with van der Waals surface area (Å²) in [4.78, 5) is 0. The second-order valence-corrected chi connectivity index (χ2v) is 7.55. The first kappa shape index (κ1) is 26.5. The molecule has 1 aliphatic heterocycles. The van der Waals surface area contributed by atoms with Crippen LogP contribution in [0.15, 0.2) is 48.5 Å². The molecule has 0 aromatic heterocycles. The molecular weight excluding hydrogens is 520 g/mol. The molecule has 0 saturated heterocycles. The number of hydrogen-bond donors (Lipinski definition) is 0. The van der Waals surface area contributed by atoms with Gasteiger partial charge < -0.3 is 0 Å². The molecule has 1 aliphatic rings. The highest BCUT2D eigenvalue weighted by Crippen LogP contribution is 2.60. The van der Waals surface area contributed by atoms with Crippen molar-refractivity contribution in [2.75, 3.05) is 0 Å². The van der Waals surface area contributed by atoms with Crippen molar-refractivity contribution >= 4 is 12.3 Å². The molecule has 0 spiro atoms. The lowest BCUT2D eigenvalue weighted by Crippen LogP contribution is -2.58. The first-order valence-electron chi connectivity index (χ1n) is 8.87. The van der Waals surface area contributed by atoms with Crippen LogP contribution in [-0.2, 0) is 26.0 Å². The van der Waals surface area contributed by atoms with Gasteiger partial charge in [-0.2, -0.15) is 52.7 Å². The summed E-state index contributed by atoms with van der Waals surface area (Å²) in [7, 11) is 0. The molecule has 0 aliphatic carbocycles. The molecule has 0 fully saturated rings. The minimum absolute atomic E-state index is 0.377. The topological polar surface area (TPSA) is 18.5 Å². The molecule has 0 unspecified atom stereocenters. The van der Waals surface area contributed by atoms with Crippen molar-refractivity contribution in [3.8, 4) is 0 Å². The molecule has 0 radical (unpaired) electrons. The van der Waals surface area contributed by atoms with E-state index < -0.39 is 76.9 Å². The van der Waals surface area contributed by atoms with Crippen LogP contribution in [0, 0.1) is 0 Å². The van der Waals surface area contributed by atoms with Crippen LogP contribution >= 0.6 is 12.3 Å². The van der Waals surface area contributed by atoms with Crippen molar-refractivity contribution in [2.24, 2.45) is 0 Å². The summed E-state index contributed by atoms with van der Waals surface area (Å²) in [6, 6.07) is 5.73. The Bertz CT molecular complexity index is 930. The number of benzene rings is 2. The SMILES string of the molecule is FC(F)(F)C1(C(F)(F)F)OSOC(C(F)(F)F)(C(F)(F)F)c2ccccc2Cc2ccccc21. The monoisotopic (exact) mass is 530 g/mol. The maximum Gasteiger partial charge on any atom is 0.432 e. The Kier molecular flexibility index (Phi) is 6.40. The Morgan fingerprint density at radius 3 is 1.12 bits per heavy atom. The molecule has 0 amide bonds. The molecule has 0 atom stereocenters. The first-order chi connectivity index (χ1) is 15.4. The van der Waals surface area contributed by atoms with Crippen molar-refractivity contribution in [3.63, 3.8) is 0 Å². The molecular formula is C19H10F12O2S. The highest BCUT2D eigenvalue weighted by atomic mass is 32.2. The molecule has 0 saturated carbocycles. The van der Waals surface area contributed by atoms with E-state index in [1.807, 2.05) is 0 Å². The number of halogens is 12. The maximum absolute atomic E-state index is 13.9. The lowest BCUT2D eigenvalue weighted by Gasteiger charge is -2.41. The van der Waals surface area contributed by atoms with Gasteiger partial charge in [0.25, 0.3) is 11.2 Å². The van der Waals surface area contributed by atoms with Gasteiger partial charge in [0, 0.05) is 11.1 Å². The summed E-state index contributed by atoms with van der Waals surface area (Å²) >= 11 is -1.68. The van der Waals surface area contributed by atoms with Crippen LogP contribution in [0.1, 0.15) is 22.3 Å². The third-order valence-electron chi connectivity index (χ3n) is 5.09. The summed E-state index contributed by atoms with van der Waals surface area (Å²) in [6.45, 7) is 0. The zero-order chi connectivity index (χ0) is 25.8. The average Bonchev–Trinajstić information content (AvgIpc) is 2.66. The zero-order valence-electron chi connectivity index (χ0n) is 16.1. The molecule has 0 bridgehead atoms. The summed E-state index contributed by atoms with van der Waals surface area (Å²) < 4.78 is 175. The second kappa shape index (κ2) is 8.22. The third kappa shape index (κ3) is 3.90. The van der Waals surface area contributed by atoms with Gasteiger partial charge in [0.2, 0.25) is 0 Å². The van der Waals surface area contributed by atoms with E-state index in [1.54, 1.807) is 0 Å². The highest BCUT2D eigenvalue weighted by Gasteiger charge is 2.77. The summed E-state index contributed by atoms with van der Waals surface area (Å²) in [6.07, 6.45) is -26.6. The average molecular weight is 530 g/mol. The predicted molar refractivity (Wildman–Crippen MR) is 93.0 cm³/mol. The lowest BCUT2D eigenvalue weighted by molar-refractivity contribution is -0.374. The number of alkyl halides is 12. The maximum atomic E-state index is 13.9. The van der Waals surface area contributed by atoms with Crippen molar-refractivity contribution in [1.29, 1.82) is 0 Å². The van der Waals surface area contributed by atoms with E-state index >= 15 is 0 Å². The fraction of sp³-hybridized carbons (Fsp3) is 0.368. The molecule has 34 heavy (non-hydrogen) atoms.